The minimum Gasteiger partial charge on any atom is -0.325 e. The summed E-state index contributed by atoms with van der Waals surface area (Å²) in [6.07, 6.45) is 2.29. The summed E-state index contributed by atoms with van der Waals surface area (Å²) in [5.41, 5.74) is 1.22. The van der Waals surface area contributed by atoms with Crippen LogP contribution in [-0.2, 0) is 14.8 Å². The van der Waals surface area contributed by atoms with Crippen molar-refractivity contribution < 1.29 is 18.1 Å². The van der Waals surface area contributed by atoms with E-state index in [1.54, 1.807) is 25.1 Å². The highest BCUT2D eigenvalue weighted by atomic mass is 32.2. The van der Waals surface area contributed by atoms with Gasteiger partial charge in [0.2, 0.25) is 10.0 Å². The fourth-order valence-corrected chi connectivity index (χ4v) is 5.37. The molecule has 1 aromatic carbocycles. The van der Waals surface area contributed by atoms with Crippen molar-refractivity contribution in [3.8, 4) is 0 Å². The number of carbonyl (C=O) groups excluding carboxylic acids is 1. The predicted octanol–water partition coefficient (Wildman–Crippen LogP) is 1.67. The molecule has 7 heteroatoms. The molecule has 1 fully saturated rings. The third-order valence-electron chi connectivity index (χ3n) is 5.70. The van der Waals surface area contributed by atoms with E-state index in [4.69, 9.17) is 0 Å². The third-order valence-corrected chi connectivity index (χ3v) is 7.89. The number of benzene rings is 1. The summed E-state index contributed by atoms with van der Waals surface area (Å²) in [6.45, 7) is 12.5. The first-order chi connectivity index (χ1) is 12.7. The van der Waals surface area contributed by atoms with Gasteiger partial charge in [0.1, 0.15) is 0 Å². The van der Waals surface area contributed by atoms with E-state index in [-0.39, 0.29) is 16.8 Å². The van der Waals surface area contributed by atoms with Crippen LogP contribution in [0.25, 0.3) is 0 Å². The van der Waals surface area contributed by atoms with Crippen LogP contribution < -0.4 is 10.2 Å². The van der Waals surface area contributed by atoms with E-state index in [1.807, 2.05) is 20.8 Å². The van der Waals surface area contributed by atoms with E-state index in [0.29, 0.717) is 24.3 Å². The SMILES string of the molecule is CCN(CC)S(=O)(=O)c1cc(NC(=O)[C@@H](C)[NH+]2CCC(C)CC2)ccc1C. The monoisotopic (exact) mass is 396 g/mol. The van der Waals surface area contributed by atoms with E-state index < -0.39 is 10.0 Å². The van der Waals surface area contributed by atoms with Crippen LogP contribution in [0.5, 0.6) is 0 Å². The van der Waals surface area contributed by atoms with Gasteiger partial charge in [0, 0.05) is 18.8 Å². The highest BCUT2D eigenvalue weighted by Gasteiger charge is 2.29. The van der Waals surface area contributed by atoms with E-state index in [1.165, 1.54) is 9.21 Å². The Hall–Kier alpha value is -1.44. The summed E-state index contributed by atoms with van der Waals surface area (Å²) in [6, 6.07) is 4.96. The summed E-state index contributed by atoms with van der Waals surface area (Å²) < 4.78 is 27.2. The van der Waals surface area contributed by atoms with Crippen molar-refractivity contribution in [2.45, 2.75) is 58.4 Å². The molecule has 2 N–H and O–H groups in total. The average molecular weight is 397 g/mol. The van der Waals surface area contributed by atoms with Crippen molar-refractivity contribution in [2.75, 3.05) is 31.5 Å². The molecule has 0 unspecified atom stereocenters. The topological polar surface area (TPSA) is 70.9 Å². The van der Waals surface area contributed by atoms with Gasteiger partial charge in [-0.05, 0) is 50.3 Å². The number of carbonyl (C=O) groups is 1. The number of piperidine rings is 1. The molecule has 1 aromatic rings. The van der Waals surface area contributed by atoms with Crippen molar-refractivity contribution in [3.05, 3.63) is 23.8 Å². The lowest BCUT2D eigenvalue weighted by molar-refractivity contribution is -0.919. The molecule has 2 rings (SSSR count). The molecule has 27 heavy (non-hydrogen) atoms. The molecular weight excluding hydrogens is 362 g/mol. The van der Waals surface area contributed by atoms with Crippen LogP contribution in [0.3, 0.4) is 0 Å². The number of likely N-dealkylation sites (tertiary alicyclic amines) is 1. The van der Waals surface area contributed by atoms with Crippen molar-refractivity contribution in [3.63, 3.8) is 0 Å². The molecule has 1 heterocycles. The van der Waals surface area contributed by atoms with Crippen molar-refractivity contribution in [2.24, 2.45) is 5.92 Å². The maximum atomic E-state index is 12.9. The van der Waals surface area contributed by atoms with Crippen molar-refractivity contribution >= 4 is 21.6 Å². The summed E-state index contributed by atoms with van der Waals surface area (Å²) in [5, 5.41) is 2.92. The second kappa shape index (κ2) is 9.17. The second-order valence-electron chi connectivity index (χ2n) is 7.62. The van der Waals surface area contributed by atoms with Gasteiger partial charge in [0.05, 0.1) is 18.0 Å². The summed E-state index contributed by atoms with van der Waals surface area (Å²) >= 11 is 0. The van der Waals surface area contributed by atoms with Gasteiger partial charge in [-0.25, -0.2) is 8.42 Å². The Morgan fingerprint density at radius 1 is 1.26 bits per heavy atom. The lowest BCUT2D eigenvalue weighted by Crippen LogP contribution is -3.17. The molecule has 0 radical (unpaired) electrons. The predicted molar refractivity (Wildman–Crippen MR) is 108 cm³/mol. The normalized spacial score (nSPS) is 21.9. The fraction of sp³-hybridized carbons (Fsp3) is 0.650. The van der Waals surface area contributed by atoms with Gasteiger partial charge in [-0.15, -0.1) is 0 Å². The number of nitrogens with one attached hydrogen (secondary N) is 2. The molecule has 1 amide bonds. The highest BCUT2D eigenvalue weighted by Crippen LogP contribution is 2.23. The standard InChI is InChI=1S/C20H33N3O3S/c1-6-23(7-2)27(25,26)19-14-18(9-8-16(19)4)21-20(24)17(5)22-12-10-15(3)11-13-22/h8-9,14-15,17H,6-7,10-13H2,1-5H3,(H,21,24)/p+1/t17-/m1/s1. The van der Waals surface area contributed by atoms with Crippen LogP contribution >= 0.6 is 0 Å². The smallest absolute Gasteiger partial charge is 0.282 e. The van der Waals surface area contributed by atoms with E-state index in [9.17, 15) is 13.2 Å². The quantitative estimate of drug-likeness (QED) is 0.736. The Morgan fingerprint density at radius 3 is 2.41 bits per heavy atom. The van der Waals surface area contributed by atoms with Crippen LogP contribution in [0.4, 0.5) is 5.69 Å². The number of rotatable bonds is 7. The zero-order chi connectivity index (χ0) is 20.2. The molecule has 1 atom stereocenters. The molecule has 6 nitrogen and oxygen atoms in total. The fourth-order valence-electron chi connectivity index (χ4n) is 3.66. The summed E-state index contributed by atoms with van der Waals surface area (Å²) in [4.78, 5) is 14.3. The zero-order valence-electron chi connectivity index (χ0n) is 17.2. The first-order valence-corrected chi connectivity index (χ1v) is 11.4. The number of nitrogens with zero attached hydrogens (tertiary/aromatic N) is 1. The lowest BCUT2D eigenvalue weighted by atomic mass is 9.98. The van der Waals surface area contributed by atoms with E-state index >= 15 is 0 Å². The van der Waals surface area contributed by atoms with Crippen molar-refractivity contribution in [1.82, 2.24) is 4.31 Å². The van der Waals surface area contributed by atoms with Gasteiger partial charge >= 0.3 is 0 Å². The van der Waals surface area contributed by atoms with Crippen LogP contribution in [0.1, 0.15) is 46.1 Å². The Morgan fingerprint density at radius 2 is 1.85 bits per heavy atom. The van der Waals surface area contributed by atoms with Crippen LogP contribution in [0, 0.1) is 12.8 Å². The molecule has 0 bridgehead atoms. The van der Waals surface area contributed by atoms with Crippen molar-refractivity contribution in [1.29, 1.82) is 0 Å². The van der Waals surface area contributed by atoms with Gasteiger partial charge < -0.3 is 10.2 Å². The molecule has 1 saturated heterocycles. The first kappa shape index (κ1) is 21.9. The van der Waals surface area contributed by atoms with Gasteiger partial charge in [-0.3, -0.25) is 4.79 Å². The second-order valence-corrected chi connectivity index (χ2v) is 9.53. The number of amides is 1. The Bertz CT molecular complexity index is 752. The van der Waals surface area contributed by atoms with Gasteiger partial charge in [0.15, 0.2) is 6.04 Å². The largest absolute Gasteiger partial charge is 0.325 e. The molecule has 0 saturated carbocycles. The molecule has 152 valence electrons. The van der Waals surface area contributed by atoms with Crippen LogP contribution in [0.15, 0.2) is 23.1 Å². The van der Waals surface area contributed by atoms with Crippen LogP contribution in [-0.4, -0.2) is 50.9 Å². The number of aryl methyl sites for hydroxylation is 1. The van der Waals surface area contributed by atoms with Gasteiger partial charge in [-0.1, -0.05) is 26.8 Å². The first-order valence-electron chi connectivity index (χ1n) is 9.96. The lowest BCUT2D eigenvalue weighted by Gasteiger charge is -2.31. The molecular formula is C20H34N3O3S+. The molecule has 1 aliphatic rings. The maximum Gasteiger partial charge on any atom is 0.282 e. The average Bonchev–Trinajstić information content (AvgIpc) is 2.64. The number of quaternary nitrogens is 1. The van der Waals surface area contributed by atoms with E-state index in [2.05, 4.69) is 12.2 Å². The molecule has 0 spiro atoms. The number of anilines is 1. The van der Waals surface area contributed by atoms with Gasteiger partial charge in [-0.2, -0.15) is 4.31 Å². The summed E-state index contributed by atoms with van der Waals surface area (Å²) in [5.74, 6) is 0.670. The zero-order valence-corrected chi connectivity index (χ0v) is 18.0. The Balaban J connectivity index is 2.17. The Kier molecular flexibility index (Phi) is 7.42. The third kappa shape index (κ3) is 5.09. The highest BCUT2D eigenvalue weighted by molar-refractivity contribution is 7.89. The van der Waals surface area contributed by atoms with E-state index in [0.717, 1.165) is 31.8 Å². The summed E-state index contributed by atoms with van der Waals surface area (Å²) in [7, 11) is -3.56. The van der Waals surface area contributed by atoms with Crippen LogP contribution in [0.2, 0.25) is 0 Å². The Labute approximate surface area is 164 Å². The maximum absolute atomic E-state index is 12.9. The molecule has 0 aromatic heterocycles. The van der Waals surface area contributed by atoms with Gasteiger partial charge in [0.25, 0.3) is 5.91 Å². The number of hydrogen-bond acceptors (Lipinski definition) is 3. The molecule has 1 aliphatic heterocycles. The minimum absolute atomic E-state index is 0.0606. The number of sulfonamides is 1. The molecule has 0 aliphatic carbocycles. The minimum atomic E-state index is -3.56. The number of hydrogen-bond donors (Lipinski definition) is 2.